The van der Waals surface area contributed by atoms with Crippen LogP contribution < -0.4 is 15.4 Å². The van der Waals surface area contributed by atoms with Crippen LogP contribution in [0.3, 0.4) is 0 Å². The van der Waals surface area contributed by atoms with Gasteiger partial charge in [0.2, 0.25) is 5.91 Å². The van der Waals surface area contributed by atoms with Gasteiger partial charge in [0.1, 0.15) is 18.4 Å². The Labute approximate surface area is 206 Å². The molecular weight excluding hydrogens is 458 g/mol. The molecule has 1 aromatic rings. The van der Waals surface area contributed by atoms with Crippen molar-refractivity contribution >= 4 is 35.1 Å². The molecule has 0 aromatic heterocycles. The summed E-state index contributed by atoms with van der Waals surface area (Å²) in [4.78, 5) is 39.2. The number of hydrogen-bond donors (Lipinski definition) is 2. The highest BCUT2D eigenvalue weighted by molar-refractivity contribution is 7.80. The SMILES string of the molecule is CCCCCCOc1ccccc1C(=O)NC(=S)N1CCNC(=O)C1CC(=O)OCCOCC. The Balaban J connectivity index is 1.97. The van der Waals surface area contributed by atoms with Crippen LogP contribution in [0.25, 0.3) is 0 Å². The first-order valence-corrected chi connectivity index (χ1v) is 12.2. The fraction of sp³-hybridized carbons (Fsp3) is 0.583. The van der Waals surface area contributed by atoms with Gasteiger partial charge in [-0.15, -0.1) is 0 Å². The molecule has 2 amide bonds. The molecule has 10 heteroatoms. The summed E-state index contributed by atoms with van der Waals surface area (Å²) in [6, 6.07) is 6.09. The average Bonchev–Trinajstić information content (AvgIpc) is 2.83. The van der Waals surface area contributed by atoms with Gasteiger partial charge in [0.25, 0.3) is 5.91 Å². The molecular formula is C24H35N3O6S. The Kier molecular flexibility index (Phi) is 12.3. The number of para-hydroxylation sites is 1. The van der Waals surface area contributed by atoms with Crippen LogP contribution >= 0.6 is 12.2 Å². The number of hydrogen-bond acceptors (Lipinski definition) is 7. The molecule has 34 heavy (non-hydrogen) atoms. The van der Waals surface area contributed by atoms with Crippen LogP contribution in [0.4, 0.5) is 0 Å². The molecule has 0 saturated carbocycles. The summed E-state index contributed by atoms with van der Waals surface area (Å²) in [5.41, 5.74) is 0.355. The third kappa shape index (κ3) is 8.90. The van der Waals surface area contributed by atoms with Crippen molar-refractivity contribution < 1.29 is 28.6 Å². The fourth-order valence-electron chi connectivity index (χ4n) is 3.46. The van der Waals surface area contributed by atoms with E-state index < -0.39 is 17.9 Å². The number of esters is 1. The monoisotopic (exact) mass is 493 g/mol. The van der Waals surface area contributed by atoms with Gasteiger partial charge in [-0.05, 0) is 37.7 Å². The molecule has 0 aliphatic carbocycles. The van der Waals surface area contributed by atoms with Crippen molar-refractivity contribution in [2.45, 2.75) is 52.0 Å². The molecule has 2 rings (SSSR count). The van der Waals surface area contributed by atoms with Crippen LogP contribution in [-0.2, 0) is 19.1 Å². The highest BCUT2D eigenvalue weighted by Gasteiger charge is 2.34. The molecule has 1 atom stereocenters. The van der Waals surface area contributed by atoms with E-state index in [1.54, 1.807) is 29.2 Å². The maximum atomic E-state index is 13.0. The zero-order chi connectivity index (χ0) is 24.8. The number of ether oxygens (including phenoxy) is 3. The molecule has 188 valence electrons. The van der Waals surface area contributed by atoms with E-state index in [0.717, 1.165) is 25.7 Å². The van der Waals surface area contributed by atoms with Crippen LogP contribution in [0, 0.1) is 0 Å². The lowest BCUT2D eigenvalue weighted by Crippen LogP contribution is -2.60. The minimum Gasteiger partial charge on any atom is -0.493 e. The van der Waals surface area contributed by atoms with Gasteiger partial charge in [0.15, 0.2) is 5.11 Å². The standard InChI is InChI=1S/C24H35N3O6S/c1-3-5-6-9-14-32-20-11-8-7-10-18(20)22(29)26-24(34)27-13-12-25-23(30)19(27)17-21(28)33-16-15-31-4-2/h7-8,10-11,19H,3-6,9,12-17H2,1-2H3,(H,25,30)(H,26,29,34). The van der Waals surface area contributed by atoms with Gasteiger partial charge >= 0.3 is 5.97 Å². The lowest BCUT2D eigenvalue weighted by atomic mass is 10.1. The minimum atomic E-state index is -0.869. The van der Waals surface area contributed by atoms with Crippen LogP contribution in [0.5, 0.6) is 5.75 Å². The summed E-state index contributed by atoms with van der Waals surface area (Å²) in [7, 11) is 0. The summed E-state index contributed by atoms with van der Waals surface area (Å²) in [5, 5.41) is 5.49. The van der Waals surface area contributed by atoms with Gasteiger partial charge in [-0.3, -0.25) is 19.7 Å². The largest absolute Gasteiger partial charge is 0.493 e. The Morgan fingerprint density at radius 2 is 1.94 bits per heavy atom. The number of benzene rings is 1. The highest BCUT2D eigenvalue weighted by atomic mass is 32.1. The predicted molar refractivity (Wildman–Crippen MR) is 132 cm³/mol. The summed E-state index contributed by atoms with van der Waals surface area (Å²) in [5.74, 6) is -0.841. The molecule has 1 aliphatic rings. The molecule has 1 unspecified atom stereocenters. The first-order valence-electron chi connectivity index (χ1n) is 11.8. The third-order valence-electron chi connectivity index (χ3n) is 5.25. The number of thiocarbonyl (C=S) groups is 1. The first-order chi connectivity index (χ1) is 16.5. The highest BCUT2D eigenvalue weighted by Crippen LogP contribution is 2.19. The molecule has 2 N–H and O–H groups in total. The van der Waals surface area contributed by atoms with Gasteiger partial charge in [0, 0.05) is 19.7 Å². The van der Waals surface area contributed by atoms with Gasteiger partial charge in [-0.2, -0.15) is 0 Å². The minimum absolute atomic E-state index is 0.0738. The van der Waals surface area contributed by atoms with E-state index in [-0.39, 0.29) is 30.7 Å². The topological polar surface area (TPSA) is 106 Å². The van der Waals surface area contributed by atoms with E-state index in [9.17, 15) is 14.4 Å². The lowest BCUT2D eigenvalue weighted by molar-refractivity contribution is -0.148. The van der Waals surface area contributed by atoms with E-state index in [0.29, 0.717) is 37.6 Å². The first kappa shape index (κ1) is 27.5. The van der Waals surface area contributed by atoms with Crippen molar-refractivity contribution in [3.8, 4) is 5.75 Å². The maximum Gasteiger partial charge on any atom is 0.308 e. The number of amides is 2. The normalized spacial score (nSPS) is 15.4. The van der Waals surface area contributed by atoms with Gasteiger partial charge < -0.3 is 24.4 Å². The van der Waals surface area contributed by atoms with Crippen molar-refractivity contribution in [1.82, 2.24) is 15.5 Å². The summed E-state index contributed by atoms with van der Waals surface area (Å²) in [6.07, 6.45) is 4.07. The molecule has 1 aromatic carbocycles. The van der Waals surface area contributed by atoms with E-state index in [1.165, 1.54) is 0 Å². The molecule has 9 nitrogen and oxygen atoms in total. The fourth-order valence-corrected chi connectivity index (χ4v) is 3.77. The van der Waals surface area contributed by atoms with Gasteiger partial charge in [-0.25, -0.2) is 0 Å². The van der Waals surface area contributed by atoms with E-state index in [4.69, 9.17) is 26.4 Å². The maximum absolute atomic E-state index is 13.0. The quantitative estimate of drug-likeness (QED) is 0.245. The molecule has 1 heterocycles. The number of nitrogens with zero attached hydrogens (tertiary/aromatic N) is 1. The zero-order valence-corrected chi connectivity index (χ0v) is 20.8. The predicted octanol–water partition coefficient (Wildman–Crippen LogP) is 2.43. The number of carbonyl (C=O) groups is 3. The van der Waals surface area contributed by atoms with Crippen molar-refractivity contribution in [2.24, 2.45) is 0 Å². The average molecular weight is 494 g/mol. The van der Waals surface area contributed by atoms with Crippen LogP contribution in [0.2, 0.25) is 0 Å². The molecule has 0 spiro atoms. The molecule has 0 radical (unpaired) electrons. The number of rotatable bonds is 13. The number of carbonyl (C=O) groups excluding carboxylic acids is 3. The second kappa shape index (κ2) is 15.2. The summed E-state index contributed by atoms with van der Waals surface area (Å²) in [6.45, 7) is 6.14. The smallest absolute Gasteiger partial charge is 0.308 e. The van der Waals surface area contributed by atoms with Crippen LogP contribution in [0.15, 0.2) is 24.3 Å². The second-order valence-corrected chi connectivity index (χ2v) is 8.17. The Bertz CT molecular complexity index is 835. The Hall–Kier alpha value is -2.72. The molecule has 1 aliphatic heterocycles. The Morgan fingerprint density at radius 1 is 1.15 bits per heavy atom. The lowest BCUT2D eigenvalue weighted by Gasteiger charge is -2.36. The van der Waals surface area contributed by atoms with Gasteiger partial charge in [-0.1, -0.05) is 38.3 Å². The van der Waals surface area contributed by atoms with E-state index in [2.05, 4.69) is 17.6 Å². The zero-order valence-electron chi connectivity index (χ0n) is 20.0. The number of nitrogens with one attached hydrogen (secondary N) is 2. The Morgan fingerprint density at radius 3 is 2.71 bits per heavy atom. The molecule has 0 bridgehead atoms. The van der Waals surface area contributed by atoms with Crippen molar-refractivity contribution in [3.63, 3.8) is 0 Å². The van der Waals surface area contributed by atoms with E-state index >= 15 is 0 Å². The molecule has 1 fully saturated rings. The van der Waals surface area contributed by atoms with Crippen molar-refractivity contribution in [3.05, 3.63) is 29.8 Å². The third-order valence-corrected chi connectivity index (χ3v) is 5.59. The van der Waals surface area contributed by atoms with Crippen LogP contribution in [0.1, 0.15) is 56.3 Å². The van der Waals surface area contributed by atoms with Crippen LogP contribution in [-0.4, -0.2) is 73.4 Å². The molecule has 1 saturated heterocycles. The summed E-state index contributed by atoms with van der Waals surface area (Å²) < 4.78 is 16.1. The summed E-state index contributed by atoms with van der Waals surface area (Å²) >= 11 is 5.43. The van der Waals surface area contributed by atoms with Crippen molar-refractivity contribution in [2.75, 3.05) is 39.5 Å². The van der Waals surface area contributed by atoms with Crippen molar-refractivity contribution in [1.29, 1.82) is 0 Å². The number of unbranched alkanes of at least 4 members (excludes halogenated alkanes) is 3. The second-order valence-electron chi connectivity index (χ2n) is 7.79. The van der Waals surface area contributed by atoms with E-state index in [1.807, 2.05) is 6.92 Å². The number of piperazine rings is 1. The van der Waals surface area contributed by atoms with Gasteiger partial charge in [0.05, 0.1) is 25.2 Å².